The smallest absolute Gasteiger partial charge is 0.335 e. The van der Waals surface area contributed by atoms with Crippen LogP contribution in [-0.2, 0) is 14.9 Å². The van der Waals surface area contributed by atoms with Gasteiger partial charge in [0.1, 0.15) is 0 Å². The predicted octanol–water partition coefficient (Wildman–Crippen LogP) is 2.91. The second-order valence-electron chi connectivity index (χ2n) is 7.62. The van der Waals surface area contributed by atoms with E-state index in [1.54, 1.807) is 0 Å². The number of methoxy groups -OCH3 is 1. The van der Waals surface area contributed by atoms with E-state index in [1.165, 1.54) is 18.4 Å². The van der Waals surface area contributed by atoms with E-state index in [1.807, 2.05) is 0 Å². The fraction of sp³-hybridized carbons (Fsp3) is 0.550. The largest absolute Gasteiger partial charge is 0.466 e. The number of rotatable bonds is 2. The molecule has 2 fully saturated rings. The van der Waals surface area contributed by atoms with Crippen LogP contribution in [0.4, 0.5) is 5.69 Å². The number of nitrogens with one attached hydrogen (secondary N) is 1. The topological polar surface area (TPSA) is 41.6 Å². The summed E-state index contributed by atoms with van der Waals surface area (Å²) in [5.41, 5.74) is 4.60. The van der Waals surface area contributed by atoms with Crippen molar-refractivity contribution in [2.24, 2.45) is 11.8 Å². The third-order valence-electron chi connectivity index (χ3n) is 6.97. The van der Waals surface area contributed by atoms with Crippen molar-refractivity contribution < 1.29 is 9.53 Å². The average molecular weight is 324 g/mol. The first kappa shape index (κ1) is 14.5. The molecule has 1 aromatic carbocycles. The number of piperidine rings is 1. The summed E-state index contributed by atoms with van der Waals surface area (Å²) in [6.07, 6.45) is 3.28. The van der Waals surface area contributed by atoms with Crippen LogP contribution >= 0.6 is 0 Å². The molecular formula is C20H24N2O2. The molecule has 3 heterocycles. The molecule has 1 aromatic rings. The van der Waals surface area contributed by atoms with E-state index < -0.39 is 0 Å². The molecule has 5 rings (SSSR count). The zero-order valence-corrected chi connectivity index (χ0v) is 14.3. The Morgan fingerprint density at radius 3 is 3.00 bits per heavy atom. The Kier molecular flexibility index (Phi) is 2.94. The molecule has 1 N–H and O–H groups in total. The minimum atomic E-state index is -0.132. The highest BCUT2D eigenvalue weighted by Crippen LogP contribution is 2.62. The highest BCUT2D eigenvalue weighted by molar-refractivity contribution is 5.93. The van der Waals surface area contributed by atoms with Gasteiger partial charge in [-0.05, 0) is 49.4 Å². The van der Waals surface area contributed by atoms with Crippen LogP contribution in [0.3, 0.4) is 0 Å². The fourth-order valence-corrected chi connectivity index (χ4v) is 6.20. The van der Waals surface area contributed by atoms with Gasteiger partial charge < -0.3 is 10.1 Å². The molecule has 3 unspecified atom stereocenters. The van der Waals surface area contributed by atoms with Gasteiger partial charge in [-0.3, -0.25) is 4.90 Å². The summed E-state index contributed by atoms with van der Waals surface area (Å²) in [4.78, 5) is 15.4. The molecule has 4 atom stereocenters. The lowest BCUT2D eigenvalue weighted by molar-refractivity contribution is -0.138. The van der Waals surface area contributed by atoms with Crippen molar-refractivity contribution >= 4 is 11.7 Å². The van der Waals surface area contributed by atoms with Crippen molar-refractivity contribution in [1.82, 2.24) is 4.90 Å². The van der Waals surface area contributed by atoms with Crippen molar-refractivity contribution in [1.29, 1.82) is 0 Å². The molecule has 4 aliphatic rings. The molecule has 0 radical (unpaired) electrons. The molecule has 0 amide bonds. The molecular weight excluding hydrogens is 300 g/mol. The van der Waals surface area contributed by atoms with Crippen LogP contribution in [-0.4, -0.2) is 37.1 Å². The maximum absolute atomic E-state index is 12.8. The molecule has 0 aromatic heterocycles. The summed E-state index contributed by atoms with van der Waals surface area (Å²) >= 11 is 0. The van der Waals surface area contributed by atoms with E-state index in [0.29, 0.717) is 17.9 Å². The molecule has 1 spiro atoms. The summed E-state index contributed by atoms with van der Waals surface area (Å²) in [6, 6.07) is 9.14. The van der Waals surface area contributed by atoms with Gasteiger partial charge in [0.05, 0.1) is 18.1 Å². The Morgan fingerprint density at radius 1 is 1.38 bits per heavy atom. The van der Waals surface area contributed by atoms with E-state index in [4.69, 9.17) is 4.74 Å². The lowest BCUT2D eigenvalue weighted by Gasteiger charge is -2.52. The van der Waals surface area contributed by atoms with Gasteiger partial charge in [0.25, 0.3) is 0 Å². The molecule has 0 saturated carbocycles. The number of nitrogens with zero attached hydrogens (tertiary/aromatic N) is 1. The Bertz CT molecular complexity index is 756. The molecule has 1 aliphatic carbocycles. The van der Waals surface area contributed by atoms with Gasteiger partial charge in [-0.15, -0.1) is 0 Å². The standard InChI is InChI=1S/C20H24N2O2/c1-3-12-13-8-10-22-11-9-20(18(12)22)14-6-4-5-7-15(14)21-17(20)16(13)19(23)24-2/h4-7,12-13,18,21H,3,8-11H2,1-2H3/t12?,13?,18?,20-/m1/s1. The number of benzene rings is 1. The third kappa shape index (κ3) is 1.51. The average Bonchev–Trinajstić information content (AvgIpc) is 3.17. The first-order valence-corrected chi connectivity index (χ1v) is 9.16. The van der Waals surface area contributed by atoms with Crippen molar-refractivity contribution in [3.8, 4) is 0 Å². The van der Waals surface area contributed by atoms with Gasteiger partial charge >= 0.3 is 5.97 Å². The van der Waals surface area contributed by atoms with Crippen LogP contribution in [0.15, 0.2) is 35.5 Å². The number of carbonyl (C=O) groups excluding carboxylic acids is 1. The molecule has 4 nitrogen and oxygen atoms in total. The van der Waals surface area contributed by atoms with Gasteiger partial charge in [-0.25, -0.2) is 4.79 Å². The molecule has 126 valence electrons. The van der Waals surface area contributed by atoms with Crippen molar-refractivity contribution in [3.63, 3.8) is 0 Å². The lowest BCUT2D eigenvalue weighted by atomic mass is 9.57. The number of esters is 1. The molecule has 2 saturated heterocycles. The number of ether oxygens (including phenoxy) is 1. The number of carbonyl (C=O) groups is 1. The van der Waals surface area contributed by atoms with Crippen LogP contribution < -0.4 is 5.32 Å². The van der Waals surface area contributed by atoms with Gasteiger partial charge in [-0.1, -0.05) is 31.5 Å². The summed E-state index contributed by atoms with van der Waals surface area (Å²) in [7, 11) is 1.52. The number of fused-ring (bicyclic) bond motifs is 2. The minimum absolute atomic E-state index is 0.0439. The molecule has 24 heavy (non-hydrogen) atoms. The van der Waals surface area contributed by atoms with Gasteiger partial charge in [0, 0.05) is 17.4 Å². The van der Waals surface area contributed by atoms with Crippen molar-refractivity contribution in [2.45, 2.75) is 37.6 Å². The molecule has 2 bridgehead atoms. The second-order valence-corrected chi connectivity index (χ2v) is 7.62. The van der Waals surface area contributed by atoms with Crippen molar-refractivity contribution in [3.05, 3.63) is 41.1 Å². The van der Waals surface area contributed by atoms with Gasteiger partial charge in [0.2, 0.25) is 0 Å². The van der Waals surface area contributed by atoms with E-state index >= 15 is 0 Å². The number of para-hydroxylation sites is 1. The zero-order valence-electron chi connectivity index (χ0n) is 14.3. The van der Waals surface area contributed by atoms with E-state index in [9.17, 15) is 4.79 Å². The maximum atomic E-state index is 12.8. The Balaban J connectivity index is 1.83. The second kappa shape index (κ2) is 4.85. The van der Waals surface area contributed by atoms with Gasteiger partial charge in [0.15, 0.2) is 0 Å². The van der Waals surface area contributed by atoms with Crippen LogP contribution in [0.1, 0.15) is 31.7 Å². The van der Waals surface area contributed by atoms with E-state index in [0.717, 1.165) is 43.6 Å². The van der Waals surface area contributed by atoms with Crippen LogP contribution in [0.25, 0.3) is 0 Å². The number of hydrogen-bond acceptors (Lipinski definition) is 4. The molecule has 3 aliphatic heterocycles. The maximum Gasteiger partial charge on any atom is 0.335 e. The van der Waals surface area contributed by atoms with E-state index in [-0.39, 0.29) is 11.4 Å². The summed E-state index contributed by atoms with van der Waals surface area (Å²) < 4.78 is 5.23. The SMILES string of the molecule is CCC1C2CCN3CC[C@@]4(C(=C2C(=O)OC)Nc2ccccc24)C13. The monoisotopic (exact) mass is 324 g/mol. The summed E-state index contributed by atoms with van der Waals surface area (Å²) in [5.74, 6) is 0.728. The summed E-state index contributed by atoms with van der Waals surface area (Å²) in [6.45, 7) is 4.51. The lowest BCUT2D eigenvalue weighted by Crippen LogP contribution is -2.58. The number of anilines is 1. The van der Waals surface area contributed by atoms with Crippen molar-refractivity contribution in [2.75, 3.05) is 25.5 Å². The van der Waals surface area contributed by atoms with E-state index in [2.05, 4.69) is 41.4 Å². The highest BCUT2D eigenvalue weighted by Gasteiger charge is 2.64. The molecule has 4 heteroatoms. The normalized spacial score (nSPS) is 36.2. The quantitative estimate of drug-likeness (QED) is 0.850. The Labute approximate surface area is 142 Å². The first-order chi connectivity index (χ1) is 11.7. The number of hydrogen-bond donors (Lipinski definition) is 1. The Morgan fingerprint density at radius 2 is 2.21 bits per heavy atom. The fourth-order valence-electron chi connectivity index (χ4n) is 6.20. The first-order valence-electron chi connectivity index (χ1n) is 9.16. The van der Waals surface area contributed by atoms with Crippen LogP contribution in [0, 0.1) is 11.8 Å². The summed E-state index contributed by atoms with van der Waals surface area (Å²) in [5, 5.41) is 3.65. The minimum Gasteiger partial charge on any atom is -0.466 e. The van der Waals surface area contributed by atoms with Crippen LogP contribution in [0.5, 0.6) is 0 Å². The Hall–Kier alpha value is -1.81. The van der Waals surface area contributed by atoms with Gasteiger partial charge in [-0.2, -0.15) is 0 Å². The zero-order chi connectivity index (χ0) is 16.5. The predicted molar refractivity (Wildman–Crippen MR) is 92.7 cm³/mol. The van der Waals surface area contributed by atoms with Crippen LogP contribution in [0.2, 0.25) is 0 Å². The highest BCUT2D eigenvalue weighted by atomic mass is 16.5. The third-order valence-corrected chi connectivity index (χ3v) is 6.97.